The van der Waals surface area contributed by atoms with Gasteiger partial charge in [0.05, 0.1) is 0 Å². The molecule has 0 heterocycles. The Bertz CT molecular complexity index is 76.6. The largest absolute Gasteiger partial charge is 0.329 e. The fourth-order valence-electron chi connectivity index (χ4n) is 0.276. The van der Waals surface area contributed by atoms with Gasteiger partial charge in [0.2, 0.25) is 0 Å². The van der Waals surface area contributed by atoms with Gasteiger partial charge < -0.3 is 10.5 Å². The minimum atomic E-state index is -0.278. The lowest BCUT2D eigenvalue weighted by atomic mass is 9.90. The summed E-state index contributed by atoms with van der Waals surface area (Å²) in [6.45, 7) is 4.27. The summed E-state index contributed by atoms with van der Waals surface area (Å²) in [6.07, 6.45) is 1.75. The van der Waals surface area contributed by atoms with Gasteiger partial charge in [-0.25, -0.2) is 0 Å². The van der Waals surface area contributed by atoms with Crippen LogP contribution in [0.5, 0.6) is 0 Å². The zero-order chi connectivity index (χ0) is 6.62. The van der Waals surface area contributed by atoms with Crippen molar-refractivity contribution in [1.82, 2.24) is 0 Å². The van der Waals surface area contributed by atoms with E-state index < -0.39 is 0 Å². The summed E-state index contributed by atoms with van der Waals surface area (Å²) in [6, 6.07) is 0. The van der Waals surface area contributed by atoms with Gasteiger partial charge in [0.15, 0.2) is 0 Å². The molecule has 2 heteroatoms. The maximum absolute atomic E-state index is 10.2. The molecule has 0 radical (unpaired) electrons. The van der Waals surface area contributed by atoms with Crippen LogP contribution in [0, 0.1) is 5.41 Å². The van der Waals surface area contributed by atoms with E-state index in [2.05, 4.69) is 0 Å². The summed E-state index contributed by atoms with van der Waals surface area (Å²) in [7, 11) is 0. The first-order valence-electron chi connectivity index (χ1n) is 2.85. The third-order valence-electron chi connectivity index (χ3n) is 1.56. The van der Waals surface area contributed by atoms with Crippen molar-refractivity contribution >= 4 is 6.29 Å². The molecule has 0 amide bonds. The van der Waals surface area contributed by atoms with Crippen LogP contribution in [0.4, 0.5) is 0 Å². The Morgan fingerprint density at radius 1 is 1.75 bits per heavy atom. The summed E-state index contributed by atoms with van der Waals surface area (Å²) >= 11 is 0. The van der Waals surface area contributed by atoms with E-state index >= 15 is 0 Å². The van der Waals surface area contributed by atoms with Crippen molar-refractivity contribution in [2.75, 3.05) is 6.54 Å². The molecule has 0 fully saturated rings. The van der Waals surface area contributed by atoms with Crippen molar-refractivity contribution < 1.29 is 4.79 Å². The summed E-state index contributed by atoms with van der Waals surface area (Å²) in [4.78, 5) is 10.2. The van der Waals surface area contributed by atoms with Gasteiger partial charge in [0, 0.05) is 12.0 Å². The Kier molecular flexibility index (Phi) is 2.69. The van der Waals surface area contributed by atoms with E-state index in [1.165, 1.54) is 0 Å². The number of hydrogen-bond acceptors (Lipinski definition) is 2. The molecule has 2 nitrogen and oxygen atoms in total. The molecule has 0 saturated heterocycles. The molecule has 8 heavy (non-hydrogen) atoms. The van der Waals surface area contributed by atoms with E-state index in [0.29, 0.717) is 6.54 Å². The van der Waals surface area contributed by atoms with Crippen molar-refractivity contribution in [2.24, 2.45) is 11.1 Å². The van der Waals surface area contributed by atoms with Gasteiger partial charge in [-0.3, -0.25) is 0 Å². The van der Waals surface area contributed by atoms with Crippen molar-refractivity contribution in [2.45, 2.75) is 20.3 Å². The Balaban J connectivity index is 3.76. The van der Waals surface area contributed by atoms with E-state index in [0.717, 1.165) is 12.7 Å². The molecular weight excluding hydrogens is 102 g/mol. The molecule has 2 N–H and O–H groups in total. The van der Waals surface area contributed by atoms with E-state index in [4.69, 9.17) is 5.73 Å². The molecule has 0 saturated carbocycles. The molecule has 0 aromatic carbocycles. The van der Waals surface area contributed by atoms with Gasteiger partial charge in [0.1, 0.15) is 6.29 Å². The monoisotopic (exact) mass is 115 g/mol. The minimum absolute atomic E-state index is 0.278. The minimum Gasteiger partial charge on any atom is -0.329 e. The lowest BCUT2D eigenvalue weighted by Crippen LogP contribution is -2.27. The Labute approximate surface area is 50.1 Å². The quantitative estimate of drug-likeness (QED) is 0.546. The van der Waals surface area contributed by atoms with Crippen LogP contribution in [0.3, 0.4) is 0 Å². The summed E-state index contributed by atoms with van der Waals surface area (Å²) in [5.74, 6) is 0. The molecule has 0 rings (SSSR count). The van der Waals surface area contributed by atoms with Gasteiger partial charge >= 0.3 is 0 Å². The first-order valence-corrected chi connectivity index (χ1v) is 2.85. The number of nitrogens with two attached hydrogens (primary N) is 1. The van der Waals surface area contributed by atoms with Crippen molar-refractivity contribution in [3.05, 3.63) is 0 Å². The van der Waals surface area contributed by atoms with E-state index in [1.807, 2.05) is 13.8 Å². The lowest BCUT2D eigenvalue weighted by molar-refractivity contribution is -0.115. The highest BCUT2D eigenvalue weighted by Crippen LogP contribution is 2.13. The molecule has 0 bridgehead atoms. The van der Waals surface area contributed by atoms with Gasteiger partial charge in [-0.15, -0.1) is 0 Å². The Morgan fingerprint density at radius 2 is 2.25 bits per heavy atom. The normalized spacial score (nSPS) is 17.4. The highest BCUT2D eigenvalue weighted by molar-refractivity contribution is 5.58. The average molecular weight is 115 g/mol. The number of carbonyl (C=O) groups is 1. The van der Waals surface area contributed by atoms with Crippen LogP contribution in [0.2, 0.25) is 0 Å². The van der Waals surface area contributed by atoms with Gasteiger partial charge in [-0.05, 0) is 6.42 Å². The second kappa shape index (κ2) is 2.82. The first-order chi connectivity index (χ1) is 3.68. The van der Waals surface area contributed by atoms with Gasteiger partial charge in [-0.1, -0.05) is 13.8 Å². The highest BCUT2D eigenvalue weighted by atomic mass is 16.1. The fourth-order valence-corrected chi connectivity index (χ4v) is 0.276. The van der Waals surface area contributed by atoms with E-state index in [1.54, 1.807) is 0 Å². The standard InChI is InChI=1S/C6H13NO/c1-3-6(2,4-7)5-8/h5H,3-4,7H2,1-2H3. The average Bonchev–Trinajstić information content (AvgIpc) is 1.87. The van der Waals surface area contributed by atoms with Crippen LogP contribution in [-0.2, 0) is 4.79 Å². The number of rotatable bonds is 3. The maximum Gasteiger partial charge on any atom is 0.127 e. The van der Waals surface area contributed by atoms with Crippen molar-refractivity contribution in [3.8, 4) is 0 Å². The van der Waals surface area contributed by atoms with E-state index in [-0.39, 0.29) is 5.41 Å². The second-order valence-electron chi connectivity index (χ2n) is 2.33. The smallest absolute Gasteiger partial charge is 0.127 e. The number of carbonyl (C=O) groups excluding carboxylic acids is 1. The first kappa shape index (κ1) is 7.63. The molecule has 0 aliphatic heterocycles. The highest BCUT2D eigenvalue weighted by Gasteiger charge is 2.17. The lowest BCUT2D eigenvalue weighted by Gasteiger charge is -2.16. The molecule has 1 unspecified atom stereocenters. The molecule has 1 atom stereocenters. The Hall–Kier alpha value is -0.370. The predicted octanol–water partition coefficient (Wildman–Crippen LogP) is 0.560. The van der Waals surface area contributed by atoms with Gasteiger partial charge in [0.25, 0.3) is 0 Å². The zero-order valence-electron chi connectivity index (χ0n) is 5.48. The van der Waals surface area contributed by atoms with Crippen LogP contribution < -0.4 is 5.73 Å². The number of hydrogen-bond donors (Lipinski definition) is 1. The SMILES string of the molecule is CCC(C)(C=O)CN. The van der Waals surface area contributed by atoms with Crippen LogP contribution in [0.25, 0.3) is 0 Å². The Morgan fingerprint density at radius 3 is 2.25 bits per heavy atom. The molecule has 48 valence electrons. The van der Waals surface area contributed by atoms with Crippen molar-refractivity contribution in [1.29, 1.82) is 0 Å². The predicted molar refractivity (Wildman–Crippen MR) is 33.5 cm³/mol. The molecular formula is C6H13NO. The van der Waals surface area contributed by atoms with Crippen LogP contribution >= 0.6 is 0 Å². The molecule has 0 aliphatic carbocycles. The molecule has 0 aliphatic rings. The zero-order valence-corrected chi connectivity index (χ0v) is 5.48. The second-order valence-corrected chi connectivity index (χ2v) is 2.33. The summed E-state index contributed by atoms with van der Waals surface area (Å²) in [5.41, 5.74) is 5.02. The molecule has 0 aromatic rings. The molecule has 0 spiro atoms. The van der Waals surface area contributed by atoms with Crippen molar-refractivity contribution in [3.63, 3.8) is 0 Å². The number of aldehydes is 1. The fraction of sp³-hybridized carbons (Fsp3) is 0.833. The van der Waals surface area contributed by atoms with Crippen LogP contribution in [0.15, 0.2) is 0 Å². The van der Waals surface area contributed by atoms with Gasteiger partial charge in [-0.2, -0.15) is 0 Å². The van der Waals surface area contributed by atoms with E-state index in [9.17, 15) is 4.79 Å². The topological polar surface area (TPSA) is 43.1 Å². The summed E-state index contributed by atoms with van der Waals surface area (Å²) in [5, 5.41) is 0. The third-order valence-corrected chi connectivity index (χ3v) is 1.56. The third kappa shape index (κ3) is 1.62. The van der Waals surface area contributed by atoms with Crippen LogP contribution in [0.1, 0.15) is 20.3 Å². The van der Waals surface area contributed by atoms with Crippen LogP contribution in [-0.4, -0.2) is 12.8 Å². The summed E-state index contributed by atoms with van der Waals surface area (Å²) < 4.78 is 0. The maximum atomic E-state index is 10.2. The molecule has 0 aromatic heterocycles.